The van der Waals surface area contributed by atoms with Crippen molar-refractivity contribution in [3.05, 3.63) is 27.1 Å². The van der Waals surface area contributed by atoms with Gasteiger partial charge in [-0.15, -0.1) is 0 Å². The summed E-state index contributed by atoms with van der Waals surface area (Å²) in [5.74, 6) is 0. The zero-order valence-corrected chi connectivity index (χ0v) is 14.0. The molecule has 1 saturated carbocycles. The van der Waals surface area contributed by atoms with Crippen LogP contribution in [0.3, 0.4) is 0 Å². The Morgan fingerprint density at radius 2 is 1.83 bits per heavy atom. The van der Waals surface area contributed by atoms with Crippen LogP contribution in [0.1, 0.15) is 32.6 Å². The van der Waals surface area contributed by atoms with Crippen LogP contribution >= 0.6 is 31.9 Å². The fraction of sp³-hybridized carbons (Fsp3) is 0.500. The van der Waals surface area contributed by atoms with Crippen molar-refractivity contribution in [2.75, 3.05) is 0 Å². The first-order valence-electron chi connectivity index (χ1n) is 5.81. The van der Waals surface area contributed by atoms with E-state index in [1.165, 1.54) is 0 Å². The van der Waals surface area contributed by atoms with Crippen molar-refractivity contribution in [1.82, 2.24) is 4.72 Å². The molecule has 0 unspecified atom stereocenters. The smallest absolute Gasteiger partial charge is 0.207 e. The minimum atomic E-state index is -3.48. The average Bonchev–Trinajstić information content (AvgIpc) is 2.67. The predicted octanol–water partition coefficient (Wildman–Crippen LogP) is 3.82. The molecule has 0 atom stereocenters. The molecule has 1 fully saturated rings. The van der Waals surface area contributed by atoms with Gasteiger partial charge in [0.25, 0.3) is 0 Å². The molecule has 0 amide bonds. The second-order valence-electron chi connectivity index (χ2n) is 4.95. The van der Waals surface area contributed by atoms with Crippen molar-refractivity contribution in [2.45, 2.75) is 43.0 Å². The van der Waals surface area contributed by atoms with Crippen molar-refractivity contribution in [2.24, 2.45) is 0 Å². The SMILES string of the molecule is CC1(NS(=O)(=O)c2cc(Br)ccc2Br)CCCC1. The molecular weight excluding hydrogens is 382 g/mol. The first-order chi connectivity index (χ1) is 8.32. The second-order valence-corrected chi connectivity index (χ2v) is 8.37. The third-order valence-electron chi connectivity index (χ3n) is 3.27. The number of hydrogen-bond donors (Lipinski definition) is 1. The van der Waals surface area contributed by atoms with Gasteiger partial charge in [-0.25, -0.2) is 13.1 Å². The molecule has 3 nitrogen and oxygen atoms in total. The Kier molecular flexibility index (Phi) is 4.21. The summed E-state index contributed by atoms with van der Waals surface area (Å²) in [4.78, 5) is 0.282. The van der Waals surface area contributed by atoms with Gasteiger partial charge in [-0.1, -0.05) is 28.8 Å². The second kappa shape index (κ2) is 5.23. The van der Waals surface area contributed by atoms with Gasteiger partial charge >= 0.3 is 0 Å². The fourth-order valence-electron chi connectivity index (χ4n) is 2.32. The zero-order valence-electron chi connectivity index (χ0n) is 10.0. The Morgan fingerprint density at radius 3 is 2.44 bits per heavy atom. The summed E-state index contributed by atoms with van der Waals surface area (Å²) in [6, 6.07) is 5.15. The van der Waals surface area contributed by atoms with Crippen LogP contribution in [-0.4, -0.2) is 14.0 Å². The molecule has 0 saturated heterocycles. The minimum Gasteiger partial charge on any atom is -0.207 e. The summed E-state index contributed by atoms with van der Waals surface area (Å²) in [7, 11) is -3.48. The summed E-state index contributed by atoms with van der Waals surface area (Å²) in [5.41, 5.74) is -0.305. The maximum atomic E-state index is 12.4. The lowest BCUT2D eigenvalue weighted by molar-refractivity contribution is 0.427. The lowest BCUT2D eigenvalue weighted by Crippen LogP contribution is -2.43. The van der Waals surface area contributed by atoms with Crippen molar-refractivity contribution < 1.29 is 8.42 Å². The van der Waals surface area contributed by atoms with Crippen molar-refractivity contribution >= 4 is 41.9 Å². The van der Waals surface area contributed by atoms with E-state index < -0.39 is 10.0 Å². The highest BCUT2D eigenvalue weighted by Gasteiger charge is 2.34. The van der Waals surface area contributed by atoms with E-state index >= 15 is 0 Å². The van der Waals surface area contributed by atoms with Gasteiger partial charge in [0.05, 0.1) is 4.90 Å². The topological polar surface area (TPSA) is 46.2 Å². The summed E-state index contributed by atoms with van der Waals surface area (Å²) < 4.78 is 29.0. The Labute approximate surface area is 125 Å². The summed E-state index contributed by atoms with van der Waals surface area (Å²) in [6.45, 7) is 1.98. The monoisotopic (exact) mass is 395 g/mol. The zero-order chi connectivity index (χ0) is 13.4. The molecule has 6 heteroatoms. The van der Waals surface area contributed by atoms with E-state index in [-0.39, 0.29) is 10.4 Å². The maximum Gasteiger partial charge on any atom is 0.242 e. The van der Waals surface area contributed by atoms with E-state index in [9.17, 15) is 8.42 Å². The van der Waals surface area contributed by atoms with Crippen molar-refractivity contribution in [3.8, 4) is 0 Å². The third kappa shape index (κ3) is 3.15. The normalized spacial score (nSPS) is 19.1. The van der Waals surface area contributed by atoms with E-state index in [1.54, 1.807) is 18.2 Å². The number of benzene rings is 1. The van der Waals surface area contributed by atoms with Gasteiger partial charge in [-0.05, 0) is 53.9 Å². The number of halogens is 2. The first kappa shape index (κ1) is 14.5. The molecule has 1 aliphatic rings. The molecule has 2 rings (SSSR count). The first-order valence-corrected chi connectivity index (χ1v) is 8.88. The highest BCUT2D eigenvalue weighted by atomic mass is 79.9. The summed E-state index contributed by atoms with van der Waals surface area (Å²) in [6.07, 6.45) is 3.97. The molecule has 1 aliphatic carbocycles. The van der Waals surface area contributed by atoms with E-state index in [4.69, 9.17) is 0 Å². The van der Waals surface area contributed by atoms with Gasteiger partial charge in [0.15, 0.2) is 0 Å². The Balaban J connectivity index is 2.33. The summed E-state index contributed by atoms with van der Waals surface area (Å²) in [5, 5.41) is 0. The van der Waals surface area contributed by atoms with Crippen LogP contribution < -0.4 is 4.72 Å². The van der Waals surface area contributed by atoms with E-state index in [0.717, 1.165) is 30.2 Å². The van der Waals surface area contributed by atoms with Crippen LogP contribution in [0.25, 0.3) is 0 Å². The molecule has 0 radical (unpaired) electrons. The molecule has 0 bridgehead atoms. The molecule has 1 aromatic rings. The van der Waals surface area contributed by atoms with E-state index in [0.29, 0.717) is 4.47 Å². The summed E-state index contributed by atoms with van der Waals surface area (Å²) >= 11 is 6.60. The largest absolute Gasteiger partial charge is 0.242 e. The van der Waals surface area contributed by atoms with E-state index in [2.05, 4.69) is 36.6 Å². The third-order valence-corrected chi connectivity index (χ3v) is 6.40. The lowest BCUT2D eigenvalue weighted by Gasteiger charge is -2.25. The maximum absolute atomic E-state index is 12.4. The molecule has 1 aromatic carbocycles. The van der Waals surface area contributed by atoms with Gasteiger partial charge in [0.1, 0.15) is 0 Å². The van der Waals surface area contributed by atoms with Gasteiger partial charge < -0.3 is 0 Å². The molecular formula is C12H15Br2NO2S. The molecule has 0 heterocycles. The number of nitrogens with one attached hydrogen (secondary N) is 1. The number of sulfonamides is 1. The Bertz CT molecular complexity index is 551. The minimum absolute atomic E-state index is 0.282. The highest BCUT2D eigenvalue weighted by molar-refractivity contribution is 9.11. The van der Waals surface area contributed by atoms with Crippen LogP contribution in [0.2, 0.25) is 0 Å². The molecule has 0 aromatic heterocycles. The van der Waals surface area contributed by atoms with Crippen LogP contribution in [0.5, 0.6) is 0 Å². The van der Waals surface area contributed by atoms with Crippen LogP contribution in [0.15, 0.2) is 32.0 Å². The van der Waals surface area contributed by atoms with Crippen LogP contribution in [-0.2, 0) is 10.0 Å². The van der Waals surface area contributed by atoms with Gasteiger partial charge in [0.2, 0.25) is 10.0 Å². The molecule has 0 spiro atoms. The quantitative estimate of drug-likeness (QED) is 0.843. The Morgan fingerprint density at radius 1 is 1.22 bits per heavy atom. The molecule has 18 heavy (non-hydrogen) atoms. The fourth-order valence-corrected chi connectivity index (χ4v) is 5.29. The number of hydrogen-bond acceptors (Lipinski definition) is 2. The molecule has 0 aliphatic heterocycles. The highest BCUT2D eigenvalue weighted by Crippen LogP contribution is 2.32. The molecule has 1 N–H and O–H groups in total. The molecule has 100 valence electrons. The van der Waals surface area contributed by atoms with E-state index in [1.807, 2.05) is 6.92 Å². The van der Waals surface area contributed by atoms with Crippen molar-refractivity contribution in [3.63, 3.8) is 0 Å². The lowest BCUT2D eigenvalue weighted by atomic mass is 10.0. The van der Waals surface area contributed by atoms with Crippen LogP contribution in [0.4, 0.5) is 0 Å². The van der Waals surface area contributed by atoms with Gasteiger partial charge in [0, 0.05) is 14.5 Å². The van der Waals surface area contributed by atoms with Gasteiger partial charge in [-0.2, -0.15) is 0 Å². The van der Waals surface area contributed by atoms with Crippen molar-refractivity contribution in [1.29, 1.82) is 0 Å². The average molecular weight is 397 g/mol. The van der Waals surface area contributed by atoms with Gasteiger partial charge in [-0.3, -0.25) is 0 Å². The Hall–Kier alpha value is 0.0900. The number of rotatable bonds is 3. The predicted molar refractivity (Wildman–Crippen MR) is 79.0 cm³/mol. The van der Waals surface area contributed by atoms with Crippen LogP contribution in [0, 0.1) is 0 Å². The standard InChI is InChI=1S/C12H15Br2NO2S/c1-12(6-2-3-7-12)15-18(16,17)11-8-9(13)4-5-10(11)14/h4-5,8,15H,2-3,6-7H2,1H3.